The molecule has 0 unspecified atom stereocenters. The van der Waals surface area contributed by atoms with E-state index in [1.54, 1.807) is 11.3 Å². The maximum absolute atomic E-state index is 4.11. The summed E-state index contributed by atoms with van der Waals surface area (Å²) >= 11 is 1.74. The minimum atomic E-state index is 0.532. The van der Waals surface area contributed by atoms with Crippen LogP contribution in [0.1, 0.15) is 37.5 Å². The van der Waals surface area contributed by atoms with Gasteiger partial charge in [0.25, 0.3) is 0 Å². The molecule has 1 fully saturated rings. The molecular formula is C13H23N3S. The molecule has 0 saturated carbocycles. The van der Waals surface area contributed by atoms with E-state index < -0.39 is 0 Å². The van der Waals surface area contributed by atoms with E-state index in [-0.39, 0.29) is 0 Å². The summed E-state index contributed by atoms with van der Waals surface area (Å²) < 4.78 is 0. The molecule has 0 aromatic carbocycles. The zero-order valence-corrected chi connectivity index (χ0v) is 11.5. The molecule has 2 N–H and O–H groups in total. The van der Waals surface area contributed by atoms with Gasteiger partial charge in [-0.15, -0.1) is 11.3 Å². The van der Waals surface area contributed by atoms with Crippen LogP contribution < -0.4 is 10.6 Å². The Hall–Kier alpha value is -0.450. The van der Waals surface area contributed by atoms with Crippen LogP contribution in [-0.4, -0.2) is 24.6 Å². The first kappa shape index (κ1) is 13.0. The molecule has 0 bridgehead atoms. The average Bonchev–Trinajstić information content (AvgIpc) is 2.84. The number of thiazole rings is 1. The molecule has 96 valence electrons. The second-order valence-electron chi connectivity index (χ2n) is 5.07. The smallest absolute Gasteiger partial charge is 0.0794 e. The fourth-order valence-corrected chi connectivity index (χ4v) is 3.35. The van der Waals surface area contributed by atoms with Gasteiger partial charge in [0.15, 0.2) is 0 Å². The predicted molar refractivity (Wildman–Crippen MR) is 73.3 cm³/mol. The Labute approximate surface area is 108 Å². The Morgan fingerprint density at radius 1 is 1.47 bits per heavy atom. The van der Waals surface area contributed by atoms with Crippen LogP contribution in [0, 0.1) is 5.41 Å². The van der Waals surface area contributed by atoms with Crippen molar-refractivity contribution in [2.75, 3.05) is 19.6 Å². The normalized spacial score (nSPS) is 19.4. The van der Waals surface area contributed by atoms with Gasteiger partial charge in [-0.3, -0.25) is 4.98 Å². The van der Waals surface area contributed by atoms with Gasteiger partial charge in [0.1, 0.15) is 0 Å². The van der Waals surface area contributed by atoms with Crippen molar-refractivity contribution in [2.24, 2.45) is 5.41 Å². The van der Waals surface area contributed by atoms with Gasteiger partial charge in [0.05, 0.1) is 5.51 Å². The summed E-state index contributed by atoms with van der Waals surface area (Å²) in [6.07, 6.45) is 7.24. The van der Waals surface area contributed by atoms with Gasteiger partial charge in [-0.1, -0.05) is 13.3 Å². The first-order chi connectivity index (χ1) is 8.35. The van der Waals surface area contributed by atoms with Gasteiger partial charge < -0.3 is 10.6 Å². The molecule has 0 spiro atoms. The molecule has 3 nitrogen and oxygen atoms in total. The highest BCUT2D eigenvalue weighted by atomic mass is 32.1. The van der Waals surface area contributed by atoms with Crippen LogP contribution in [0.2, 0.25) is 0 Å². The molecule has 2 heterocycles. The molecule has 0 amide bonds. The lowest BCUT2D eigenvalue weighted by molar-refractivity contribution is 0.176. The SMILES string of the molecule is CCCC1(CNCc2cncs2)CCNCC1. The lowest BCUT2D eigenvalue weighted by Gasteiger charge is -2.38. The molecule has 0 atom stereocenters. The van der Waals surface area contributed by atoms with Gasteiger partial charge in [-0.05, 0) is 37.8 Å². The van der Waals surface area contributed by atoms with E-state index in [2.05, 4.69) is 22.5 Å². The van der Waals surface area contributed by atoms with Crippen molar-refractivity contribution in [1.82, 2.24) is 15.6 Å². The molecule has 2 rings (SSSR count). The number of hydrogen-bond donors (Lipinski definition) is 2. The van der Waals surface area contributed by atoms with Gasteiger partial charge in [-0.25, -0.2) is 0 Å². The number of nitrogens with zero attached hydrogens (tertiary/aromatic N) is 1. The third kappa shape index (κ3) is 3.76. The summed E-state index contributed by atoms with van der Waals surface area (Å²) in [6, 6.07) is 0. The lowest BCUT2D eigenvalue weighted by atomic mass is 9.75. The van der Waals surface area contributed by atoms with Crippen molar-refractivity contribution < 1.29 is 0 Å². The van der Waals surface area contributed by atoms with E-state index in [0.29, 0.717) is 5.41 Å². The third-order valence-electron chi connectivity index (χ3n) is 3.73. The van der Waals surface area contributed by atoms with Gasteiger partial charge in [-0.2, -0.15) is 0 Å². The minimum absolute atomic E-state index is 0.532. The minimum Gasteiger partial charge on any atom is -0.317 e. The topological polar surface area (TPSA) is 37.0 Å². The van der Waals surface area contributed by atoms with Crippen molar-refractivity contribution >= 4 is 11.3 Å². The van der Waals surface area contributed by atoms with Crippen LogP contribution in [0.3, 0.4) is 0 Å². The molecule has 4 heteroatoms. The van der Waals surface area contributed by atoms with Crippen LogP contribution in [0.5, 0.6) is 0 Å². The van der Waals surface area contributed by atoms with Crippen molar-refractivity contribution in [3.63, 3.8) is 0 Å². The quantitative estimate of drug-likeness (QED) is 0.817. The Balaban J connectivity index is 1.80. The van der Waals surface area contributed by atoms with E-state index >= 15 is 0 Å². The molecule has 0 aliphatic carbocycles. The molecule has 1 aliphatic rings. The summed E-state index contributed by atoms with van der Waals surface area (Å²) in [5, 5.41) is 7.09. The van der Waals surface area contributed by atoms with E-state index in [0.717, 1.165) is 13.1 Å². The molecule has 17 heavy (non-hydrogen) atoms. The zero-order chi connectivity index (χ0) is 12.0. The Bertz CT molecular complexity index is 299. The van der Waals surface area contributed by atoms with Crippen LogP contribution in [0.15, 0.2) is 11.7 Å². The number of piperidine rings is 1. The van der Waals surface area contributed by atoms with Crippen molar-refractivity contribution in [3.05, 3.63) is 16.6 Å². The van der Waals surface area contributed by atoms with Crippen molar-refractivity contribution in [2.45, 2.75) is 39.2 Å². The Kier molecular flexibility index (Phi) is 4.95. The highest BCUT2D eigenvalue weighted by Crippen LogP contribution is 2.33. The second kappa shape index (κ2) is 6.47. The van der Waals surface area contributed by atoms with Crippen LogP contribution in [0.4, 0.5) is 0 Å². The van der Waals surface area contributed by atoms with Gasteiger partial charge in [0.2, 0.25) is 0 Å². The number of nitrogens with one attached hydrogen (secondary N) is 2. The van der Waals surface area contributed by atoms with E-state index in [1.165, 1.54) is 43.6 Å². The third-order valence-corrected chi connectivity index (χ3v) is 4.51. The Morgan fingerprint density at radius 2 is 2.29 bits per heavy atom. The molecule has 1 aliphatic heterocycles. The molecule has 1 aromatic heterocycles. The maximum Gasteiger partial charge on any atom is 0.0794 e. The molecule has 1 saturated heterocycles. The lowest BCUT2D eigenvalue weighted by Crippen LogP contribution is -2.43. The fraction of sp³-hybridized carbons (Fsp3) is 0.769. The monoisotopic (exact) mass is 253 g/mol. The summed E-state index contributed by atoms with van der Waals surface area (Å²) in [6.45, 7) is 6.79. The van der Waals surface area contributed by atoms with Crippen molar-refractivity contribution in [3.8, 4) is 0 Å². The Morgan fingerprint density at radius 3 is 2.94 bits per heavy atom. The van der Waals surface area contributed by atoms with Crippen LogP contribution in [-0.2, 0) is 6.54 Å². The summed E-state index contributed by atoms with van der Waals surface area (Å²) in [5.41, 5.74) is 2.44. The zero-order valence-electron chi connectivity index (χ0n) is 10.7. The van der Waals surface area contributed by atoms with Gasteiger partial charge in [0, 0.05) is 24.2 Å². The summed E-state index contributed by atoms with van der Waals surface area (Å²) in [7, 11) is 0. The fourth-order valence-electron chi connectivity index (χ4n) is 2.78. The molecule has 0 radical (unpaired) electrons. The number of hydrogen-bond acceptors (Lipinski definition) is 4. The average molecular weight is 253 g/mol. The van der Waals surface area contributed by atoms with Crippen LogP contribution in [0.25, 0.3) is 0 Å². The van der Waals surface area contributed by atoms with Crippen molar-refractivity contribution in [1.29, 1.82) is 0 Å². The van der Waals surface area contributed by atoms with E-state index in [9.17, 15) is 0 Å². The van der Waals surface area contributed by atoms with Gasteiger partial charge >= 0.3 is 0 Å². The first-order valence-electron chi connectivity index (χ1n) is 6.63. The highest BCUT2D eigenvalue weighted by molar-refractivity contribution is 7.09. The maximum atomic E-state index is 4.11. The molecule has 1 aromatic rings. The predicted octanol–water partition coefficient (Wildman–Crippen LogP) is 2.40. The molecular weight excluding hydrogens is 230 g/mol. The highest BCUT2D eigenvalue weighted by Gasteiger charge is 2.30. The van der Waals surface area contributed by atoms with E-state index in [4.69, 9.17) is 0 Å². The number of aromatic nitrogens is 1. The largest absolute Gasteiger partial charge is 0.317 e. The summed E-state index contributed by atoms with van der Waals surface area (Å²) in [5.74, 6) is 0. The number of rotatable bonds is 6. The van der Waals surface area contributed by atoms with Crippen LogP contribution >= 0.6 is 11.3 Å². The standard InChI is InChI=1S/C13H23N3S/c1-2-3-13(4-6-14-7-5-13)10-15-8-12-9-16-11-17-12/h9,11,14-15H,2-8,10H2,1H3. The first-order valence-corrected chi connectivity index (χ1v) is 7.51. The van der Waals surface area contributed by atoms with E-state index in [1.807, 2.05) is 11.7 Å². The summed E-state index contributed by atoms with van der Waals surface area (Å²) in [4.78, 5) is 5.45. The second-order valence-corrected chi connectivity index (χ2v) is 6.04.